The number of nitrogens with one attached hydrogen (secondary N) is 3. The maximum atomic E-state index is 13.0. The molecule has 1 fully saturated rings. The topological polar surface area (TPSA) is 108 Å². The van der Waals surface area contributed by atoms with Gasteiger partial charge in [-0.3, -0.25) is 14.3 Å². The quantitative estimate of drug-likeness (QED) is 0.499. The van der Waals surface area contributed by atoms with Gasteiger partial charge in [-0.25, -0.2) is 4.79 Å². The second-order valence-electron chi connectivity index (χ2n) is 6.92. The summed E-state index contributed by atoms with van der Waals surface area (Å²) in [5.41, 5.74) is -1.82. The molecule has 0 bridgehead atoms. The molecule has 0 unspecified atom stereocenters. The highest BCUT2D eigenvalue weighted by Crippen LogP contribution is 2.36. The number of aromatic amines is 1. The van der Waals surface area contributed by atoms with Gasteiger partial charge < -0.3 is 20.5 Å². The predicted octanol–water partition coefficient (Wildman–Crippen LogP) is 2.15. The lowest BCUT2D eigenvalue weighted by Crippen LogP contribution is -2.43. The zero-order chi connectivity index (χ0) is 22.9. The average molecular weight is 479 g/mol. The molecule has 8 nitrogen and oxygen atoms in total. The normalized spacial score (nSPS) is 21.2. The molecule has 4 N–H and O–H groups in total. The summed E-state index contributed by atoms with van der Waals surface area (Å²) >= 11 is 10.8. The zero-order valence-electron chi connectivity index (χ0n) is 16.0. The minimum absolute atomic E-state index is 0.00635. The fourth-order valence-corrected chi connectivity index (χ4v) is 3.67. The number of anilines is 1. The molecule has 1 aromatic heterocycles. The SMILES string of the molecule is Cc1cn([C@H]2C[C@H](NC(=S)Nc3ccc(Cl)c(C(F)(F)F)c3)[C@@H](CO)O2)c(=O)[nH]c1=O. The standard InChI is InChI=1S/C18H18ClF3N4O4S/c1-8-6-26(17(29)25-15(8)28)14-5-12(13(7-27)30-14)24-16(31)23-9-2-3-11(19)10(4-9)18(20,21)22/h2-4,6,12-14,27H,5,7H2,1H3,(H2,23,24,31)(H,25,28,29)/t12-,13+,14+/m0/s1. The molecule has 2 aromatic rings. The molecule has 31 heavy (non-hydrogen) atoms. The molecule has 0 aliphatic carbocycles. The van der Waals surface area contributed by atoms with E-state index in [0.29, 0.717) is 5.56 Å². The number of thiocarbonyl (C=S) groups is 1. The van der Waals surface area contributed by atoms with Gasteiger partial charge in [-0.2, -0.15) is 13.2 Å². The van der Waals surface area contributed by atoms with Crippen LogP contribution in [0, 0.1) is 6.92 Å². The Morgan fingerprint density at radius 1 is 1.42 bits per heavy atom. The maximum absolute atomic E-state index is 13.0. The van der Waals surface area contributed by atoms with E-state index in [1.165, 1.54) is 23.8 Å². The van der Waals surface area contributed by atoms with Crippen LogP contribution in [0.25, 0.3) is 0 Å². The van der Waals surface area contributed by atoms with Gasteiger partial charge in [0.1, 0.15) is 12.3 Å². The van der Waals surface area contributed by atoms with E-state index in [4.69, 9.17) is 28.6 Å². The first-order chi connectivity index (χ1) is 14.5. The van der Waals surface area contributed by atoms with Crippen LogP contribution in [0.2, 0.25) is 5.02 Å². The van der Waals surface area contributed by atoms with Gasteiger partial charge in [-0.15, -0.1) is 0 Å². The van der Waals surface area contributed by atoms with Crippen molar-refractivity contribution in [2.24, 2.45) is 0 Å². The number of aromatic nitrogens is 2. The summed E-state index contributed by atoms with van der Waals surface area (Å²) in [5, 5.41) is 14.7. The van der Waals surface area contributed by atoms with E-state index < -0.39 is 53.0 Å². The van der Waals surface area contributed by atoms with Crippen LogP contribution in [0.4, 0.5) is 18.9 Å². The van der Waals surface area contributed by atoms with Crippen LogP contribution in [0.5, 0.6) is 0 Å². The third-order valence-electron chi connectivity index (χ3n) is 4.72. The number of halogens is 4. The number of benzene rings is 1. The number of ether oxygens (including phenoxy) is 1. The molecule has 13 heteroatoms. The number of rotatable bonds is 4. The van der Waals surface area contributed by atoms with Crippen LogP contribution < -0.4 is 21.9 Å². The van der Waals surface area contributed by atoms with Crippen LogP contribution in [0.3, 0.4) is 0 Å². The van der Waals surface area contributed by atoms with Crippen LogP contribution in [0.15, 0.2) is 34.0 Å². The number of nitrogens with zero attached hydrogens (tertiary/aromatic N) is 1. The Kier molecular flexibility index (Phi) is 6.74. The van der Waals surface area contributed by atoms with Crippen molar-refractivity contribution >= 4 is 34.6 Å². The first-order valence-electron chi connectivity index (χ1n) is 9.02. The number of aliphatic hydroxyl groups excluding tert-OH is 1. The molecule has 0 saturated carbocycles. The van der Waals surface area contributed by atoms with Crippen molar-refractivity contribution in [3.8, 4) is 0 Å². The number of hydrogen-bond acceptors (Lipinski definition) is 5. The first kappa shape index (κ1) is 23.3. The van der Waals surface area contributed by atoms with Crippen molar-refractivity contribution in [1.82, 2.24) is 14.9 Å². The van der Waals surface area contributed by atoms with E-state index in [0.717, 1.165) is 12.1 Å². The van der Waals surface area contributed by atoms with Gasteiger partial charge >= 0.3 is 11.9 Å². The van der Waals surface area contributed by atoms with Gasteiger partial charge in [0, 0.05) is 23.9 Å². The maximum Gasteiger partial charge on any atom is 0.417 e. The third-order valence-corrected chi connectivity index (χ3v) is 5.27. The summed E-state index contributed by atoms with van der Waals surface area (Å²) in [6, 6.07) is 2.72. The molecule has 0 radical (unpaired) electrons. The summed E-state index contributed by atoms with van der Waals surface area (Å²) in [7, 11) is 0. The second-order valence-corrected chi connectivity index (χ2v) is 7.74. The number of H-pyrrole nitrogens is 1. The molecule has 0 amide bonds. The highest BCUT2D eigenvalue weighted by molar-refractivity contribution is 7.80. The Balaban J connectivity index is 1.72. The summed E-state index contributed by atoms with van der Waals surface area (Å²) < 4.78 is 46.0. The minimum Gasteiger partial charge on any atom is -0.394 e. The molecule has 0 spiro atoms. The lowest BCUT2D eigenvalue weighted by Gasteiger charge is -2.20. The van der Waals surface area contributed by atoms with Gasteiger partial charge in [0.15, 0.2) is 5.11 Å². The molecule has 1 aromatic carbocycles. The monoisotopic (exact) mass is 478 g/mol. The van der Waals surface area contributed by atoms with Gasteiger partial charge in [0.2, 0.25) is 0 Å². The van der Waals surface area contributed by atoms with Crippen LogP contribution in [-0.2, 0) is 10.9 Å². The first-order valence-corrected chi connectivity index (χ1v) is 9.81. The molecule has 1 saturated heterocycles. The third kappa shape index (κ3) is 5.26. The van der Waals surface area contributed by atoms with Crippen LogP contribution >= 0.6 is 23.8 Å². The van der Waals surface area contributed by atoms with E-state index >= 15 is 0 Å². The molecule has 2 heterocycles. The van der Waals surface area contributed by atoms with Crippen molar-refractivity contribution < 1.29 is 23.0 Å². The highest BCUT2D eigenvalue weighted by Gasteiger charge is 2.37. The van der Waals surface area contributed by atoms with Gasteiger partial charge in [-0.1, -0.05) is 11.6 Å². The summed E-state index contributed by atoms with van der Waals surface area (Å²) in [6.45, 7) is 1.14. The zero-order valence-corrected chi connectivity index (χ0v) is 17.6. The highest BCUT2D eigenvalue weighted by atomic mass is 35.5. The Morgan fingerprint density at radius 3 is 2.77 bits per heavy atom. The average Bonchev–Trinajstić information content (AvgIpc) is 3.07. The fourth-order valence-electron chi connectivity index (χ4n) is 3.18. The van der Waals surface area contributed by atoms with E-state index in [9.17, 15) is 27.9 Å². The molecule has 168 valence electrons. The Hall–Kier alpha value is -2.41. The van der Waals surface area contributed by atoms with Gasteiger partial charge in [0.05, 0.1) is 23.2 Å². The van der Waals surface area contributed by atoms with E-state index in [2.05, 4.69) is 15.6 Å². The van der Waals surface area contributed by atoms with Crippen molar-refractivity contribution in [3.05, 3.63) is 61.4 Å². The molecular formula is C18H18ClF3N4O4S. The molecule has 1 aliphatic rings. The predicted molar refractivity (Wildman–Crippen MR) is 111 cm³/mol. The lowest BCUT2D eigenvalue weighted by atomic mass is 10.1. The number of alkyl halides is 3. The summed E-state index contributed by atoms with van der Waals surface area (Å²) in [4.78, 5) is 25.8. The molecule has 3 atom stereocenters. The molecule has 1 aliphatic heterocycles. The smallest absolute Gasteiger partial charge is 0.394 e. The Morgan fingerprint density at radius 2 is 2.13 bits per heavy atom. The van der Waals surface area contributed by atoms with Crippen molar-refractivity contribution in [2.75, 3.05) is 11.9 Å². The molecular weight excluding hydrogens is 461 g/mol. The minimum atomic E-state index is -4.62. The van der Waals surface area contributed by atoms with Crippen molar-refractivity contribution in [3.63, 3.8) is 0 Å². The van der Waals surface area contributed by atoms with E-state index in [-0.39, 0.29) is 17.2 Å². The summed E-state index contributed by atoms with van der Waals surface area (Å²) in [5.74, 6) is 0. The van der Waals surface area contributed by atoms with Crippen molar-refractivity contribution in [2.45, 2.75) is 37.9 Å². The van der Waals surface area contributed by atoms with Gasteiger partial charge in [-0.05, 0) is 37.3 Å². The van der Waals surface area contributed by atoms with E-state index in [1.807, 2.05) is 0 Å². The number of aryl methyl sites for hydroxylation is 1. The number of aliphatic hydroxyl groups is 1. The van der Waals surface area contributed by atoms with Gasteiger partial charge in [0.25, 0.3) is 5.56 Å². The second kappa shape index (κ2) is 8.99. The Labute approximate surface area is 184 Å². The van der Waals surface area contributed by atoms with Crippen LogP contribution in [0.1, 0.15) is 23.8 Å². The number of hydrogen-bond donors (Lipinski definition) is 4. The fraction of sp³-hybridized carbons (Fsp3) is 0.389. The van der Waals surface area contributed by atoms with Crippen LogP contribution in [-0.4, -0.2) is 38.5 Å². The Bertz CT molecular complexity index is 1100. The summed E-state index contributed by atoms with van der Waals surface area (Å²) in [6.07, 6.45) is -4.61. The van der Waals surface area contributed by atoms with Crippen molar-refractivity contribution in [1.29, 1.82) is 0 Å². The molecule has 3 rings (SSSR count). The largest absolute Gasteiger partial charge is 0.417 e. The lowest BCUT2D eigenvalue weighted by molar-refractivity contribution is -0.137. The van der Waals surface area contributed by atoms with E-state index in [1.54, 1.807) is 0 Å².